The van der Waals surface area contributed by atoms with Crippen molar-refractivity contribution in [1.29, 1.82) is 0 Å². The topological polar surface area (TPSA) is 16.1 Å². The molecule has 0 unspecified atom stereocenters. The quantitative estimate of drug-likeness (QED) is 0.821. The maximum atomic E-state index is 4.40. The van der Waals surface area contributed by atoms with E-state index in [0.29, 0.717) is 6.04 Å². The monoisotopic (exact) mass is 256 g/mol. The Morgan fingerprint density at radius 1 is 1.50 bits per heavy atom. The van der Waals surface area contributed by atoms with Gasteiger partial charge < -0.3 is 4.90 Å². The number of pyridine rings is 1. The molecule has 0 N–H and O–H groups in total. The second kappa shape index (κ2) is 5.35. The molecule has 0 spiro atoms. The Bertz CT molecular complexity index is 286. The molecule has 3 heteroatoms. The number of rotatable bonds is 4. The molecule has 0 saturated carbocycles. The van der Waals surface area contributed by atoms with E-state index >= 15 is 0 Å². The predicted octanol–water partition coefficient (Wildman–Crippen LogP) is 3.47. The van der Waals surface area contributed by atoms with Crippen molar-refractivity contribution >= 4 is 21.7 Å². The molecule has 0 radical (unpaired) electrons. The largest absolute Gasteiger partial charge is 0.353 e. The van der Waals surface area contributed by atoms with Crippen LogP contribution in [0.15, 0.2) is 22.8 Å². The fourth-order valence-corrected chi connectivity index (χ4v) is 1.92. The number of hydrogen-bond donors (Lipinski definition) is 0. The van der Waals surface area contributed by atoms with Crippen molar-refractivity contribution in [3.05, 3.63) is 22.8 Å². The smallest absolute Gasteiger partial charge is 0.143 e. The van der Waals surface area contributed by atoms with Crippen LogP contribution in [0.25, 0.3) is 0 Å². The van der Waals surface area contributed by atoms with Gasteiger partial charge in [-0.15, -0.1) is 0 Å². The van der Waals surface area contributed by atoms with Crippen LogP contribution in [0.3, 0.4) is 0 Å². The average molecular weight is 257 g/mol. The second-order valence-corrected chi connectivity index (χ2v) is 4.45. The molecular weight excluding hydrogens is 240 g/mol. The molecular formula is C11H17BrN2. The van der Waals surface area contributed by atoms with Crippen molar-refractivity contribution in [1.82, 2.24) is 4.98 Å². The van der Waals surface area contributed by atoms with E-state index in [1.54, 1.807) is 0 Å². The van der Waals surface area contributed by atoms with Gasteiger partial charge in [0.25, 0.3) is 0 Å². The summed E-state index contributed by atoms with van der Waals surface area (Å²) in [5.74, 6) is 1.05. The molecule has 0 aromatic carbocycles. The zero-order valence-corrected chi connectivity index (χ0v) is 10.6. The molecule has 1 aromatic rings. The Balaban J connectivity index is 2.93. The van der Waals surface area contributed by atoms with Gasteiger partial charge in [0, 0.05) is 18.8 Å². The van der Waals surface area contributed by atoms with Crippen LogP contribution < -0.4 is 4.90 Å². The van der Waals surface area contributed by atoms with Crippen LogP contribution in [-0.2, 0) is 0 Å². The molecule has 0 saturated heterocycles. The number of aromatic nitrogens is 1. The zero-order chi connectivity index (χ0) is 10.6. The Morgan fingerprint density at radius 2 is 2.21 bits per heavy atom. The molecule has 2 nitrogen and oxygen atoms in total. The van der Waals surface area contributed by atoms with Crippen molar-refractivity contribution in [2.24, 2.45) is 0 Å². The highest BCUT2D eigenvalue weighted by molar-refractivity contribution is 9.10. The first-order valence-electron chi connectivity index (χ1n) is 5.04. The summed E-state index contributed by atoms with van der Waals surface area (Å²) < 4.78 is 1.07. The van der Waals surface area contributed by atoms with E-state index in [0.717, 1.165) is 23.3 Å². The molecule has 0 aliphatic rings. The van der Waals surface area contributed by atoms with Gasteiger partial charge in [-0.25, -0.2) is 4.98 Å². The highest BCUT2D eigenvalue weighted by atomic mass is 79.9. The maximum absolute atomic E-state index is 4.40. The van der Waals surface area contributed by atoms with Crippen molar-refractivity contribution in [3.63, 3.8) is 0 Å². The maximum Gasteiger partial charge on any atom is 0.143 e. The van der Waals surface area contributed by atoms with Gasteiger partial charge in [-0.1, -0.05) is 6.92 Å². The molecule has 0 bridgehead atoms. The molecule has 0 aliphatic heterocycles. The van der Waals surface area contributed by atoms with Crippen LogP contribution in [0.2, 0.25) is 0 Å². The lowest BCUT2D eigenvalue weighted by molar-refractivity contribution is 0.661. The first-order valence-corrected chi connectivity index (χ1v) is 5.83. The van der Waals surface area contributed by atoms with Gasteiger partial charge in [-0.3, -0.25) is 0 Å². The molecule has 1 heterocycles. The van der Waals surface area contributed by atoms with Gasteiger partial charge >= 0.3 is 0 Å². The molecule has 1 aromatic heterocycles. The van der Waals surface area contributed by atoms with E-state index in [1.165, 1.54) is 0 Å². The normalized spacial score (nSPS) is 10.6. The molecule has 14 heavy (non-hydrogen) atoms. The van der Waals surface area contributed by atoms with Crippen LogP contribution >= 0.6 is 15.9 Å². The Labute approximate surface area is 94.5 Å². The molecule has 0 atom stereocenters. The predicted molar refractivity (Wildman–Crippen MR) is 64.7 cm³/mol. The SMILES string of the molecule is CCCN(c1ncccc1Br)C(C)C. The molecule has 0 fully saturated rings. The first kappa shape index (κ1) is 11.5. The van der Waals surface area contributed by atoms with Gasteiger partial charge in [-0.05, 0) is 48.3 Å². The summed E-state index contributed by atoms with van der Waals surface area (Å²) in [6.45, 7) is 7.62. The zero-order valence-electron chi connectivity index (χ0n) is 9.00. The fourth-order valence-electron chi connectivity index (χ4n) is 1.44. The van der Waals surface area contributed by atoms with Crippen molar-refractivity contribution in [3.8, 4) is 0 Å². The number of hydrogen-bond acceptors (Lipinski definition) is 2. The minimum absolute atomic E-state index is 0.487. The highest BCUT2D eigenvalue weighted by Gasteiger charge is 2.12. The van der Waals surface area contributed by atoms with E-state index in [-0.39, 0.29) is 0 Å². The third-order valence-corrected chi connectivity index (χ3v) is 2.72. The summed E-state index contributed by atoms with van der Waals surface area (Å²) in [5, 5.41) is 0. The van der Waals surface area contributed by atoms with Crippen LogP contribution in [0.4, 0.5) is 5.82 Å². The van der Waals surface area contributed by atoms with E-state index in [4.69, 9.17) is 0 Å². The van der Waals surface area contributed by atoms with Gasteiger partial charge in [0.2, 0.25) is 0 Å². The fraction of sp³-hybridized carbons (Fsp3) is 0.545. The lowest BCUT2D eigenvalue weighted by atomic mass is 10.3. The van der Waals surface area contributed by atoms with Crippen LogP contribution in [0.1, 0.15) is 27.2 Å². The van der Waals surface area contributed by atoms with Crippen LogP contribution in [0.5, 0.6) is 0 Å². The second-order valence-electron chi connectivity index (χ2n) is 3.60. The molecule has 0 aliphatic carbocycles. The summed E-state index contributed by atoms with van der Waals surface area (Å²) >= 11 is 3.53. The van der Waals surface area contributed by atoms with Gasteiger partial charge in [0.1, 0.15) is 5.82 Å². The summed E-state index contributed by atoms with van der Waals surface area (Å²) in [7, 11) is 0. The number of halogens is 1. The van der Waals surface area contributed by atoms with Crippen LogP contribution in [0, 0.1) is 0 Å². The summed E-state index contributed by atoms with van der Waals surface area (Å²) in [5.41, 5.74) is 0. The summed E-state index contributed by atoms with van der Waals surface area (Å²) in [4.78, 5) is 6.71. The Morgan fingerprint density at radius 3 is 2.71 bits per heavy atom. The molecule has 78 valence electrons. The third kappa shape index (κ3) is 2.71. The standard InChI is InChI=1S/C11H17BrN2/c1-4-8-14(9(2)3)11-10(12)6-5-7-13-11/h5-7,9H,4,8H2,1-3H3. The number of anilines is 1. The minimum Gasteiger partial charge on any atom is -0.353 e. The van der Waals surface area contributed by atoms with Crippen molar-refractivity contribution < 1.29 is 0 Å². The Hall–Kier alpha value is -0.570. The van der Waals surface area contributed by atoms with Gasteiger partial charge in [-0.2, -0.15) is 0 Å². The summed E-state index contributed by atoms with van der Waals surface area (Å²) in [6, 6.07) is 4.46. The lowest BCUT2D eigenvalue weighted by Crippen LogP contribution is -2.32. The van der Waals surface area contributed by atoms with E-state index in [9.17, 15) is 0 Å². The van der Waals surface area contributed by atoms with Crippen molar-refractivity contribution in [2.45, 2.75) is 33.2 Å². The van der Waals surface area contributed by atoms with Gasteiger partial charge in [0.05, 0.1) is 4.47 Å². The number of nitrogens with zero attached hydrogens (tertiary/aromatic N) is 2. The lowest BCUT2D eigenvalue weighted by Gasteiger charge is -2.28. The molecule has 0 amide bonds. The van der Waals surface area contributed by atoms with Crippen molar-refractivity contribution in [2.75, 3.05) is 11.4 Å². The van der Waals surface area contributed by atoms with E-state index in [2.05, 4.69) is 46.6 Å². The Kier molecular flexibility index (Phi) is 4.39. The summed E-state index contributed by atoms with van der Waals surface area (Å²) in [6.07, 6.45) is 2.98. The highest BCUT2D eigenvalue weighted by Crippen LogP contribution is 2.24. The first-order chi connectivity index (χ1) is 6.66. The van der Waals surface area contributed by atoms with E-state index < -0.39 is 0 Å². The van der Waals surface area contributed by atoms with Gasteiger partial charge in [0.15, 0.2) is 0 Å². The third-order valence-electron chi connectivity index (χ3n) is 2.10. The van der Waals surface area contributed by atoms with Crippen LogP contribution in [-0.4, -0.2) is 17.6 Å². The average Bonchev–Trinajstić information content (AvgIpc) is 2.15. The molecule has 1 rings (SSSR count). The minimum atomic E-state index is 0.487. The van der Waals surface area contributed by atoms with E-state index in [1.807, 2.05) is 18.3 Å².